The molecule has 7 heteroatoms. The highest BCUT2D eigenvalue weighted by Crippen LogP contribution is 2.40. The number of quaternary nitrogens is 1. The van der Waals surface area contributed by atoms with Gasteiger partial charge in [-0.1, -0.05) is 54.3 Å². The molecule has 2 aliphatic heterocycles. The lowest BCUT2D eigenvalue weighted by Gasteiger charge is -2.29. The zero-order valence-electron chi connectivity index (χ0n) is 23.3. The summed E-state index contributed by atoms with van der Waals surface area (Å²) in [6.07, 6.45) is 0.730. The first-order valence-corrected chi connectivity index (χ1v) is 14.1. The van der Waals surface area contributed by atoms with E-state index in [0.717, 1.165) is 30.0 Å². The highest BCUT2D eigenvalue weighted by atomic mass is 16.5. The SMILES string of the molecule is CC[NH+](CC)CCN1C(=O)C(=O)C(=C([O-])c2ccc3c(c2)CC(C)O3)C1c1cccc(OCc2ccccc2)c1. The van der Waals surface area contributed by atoms with Crippen LogP contribution in [0.2, 0.25) is 0 Å². The zero-order chi connectivity index (χ0) is 28.2. The number of carbonyl (C=O) groups is 2. The number of nitrogens with one attached hydrogen (secondary N) is 1. The topological polar surface area (TPSA) is 83.3 Å². The standard InChI is InChI=1S/C33H36N2O5/c1-4-34(5-2)16-17-35-30(24-12-9-13-27(20-24)39-21-23-10-7-6-8-11-23)29(32(37)33(35)38)31(36)25-14-15-28-26(19-25)18-22(3)40-28/h6-15,19-20,22,30,36H,4-5,16-18,21H2,1-3H3. The molecule has 3 aromatic rings. The molecule has 1 fully saturated rings. The Hall–Kier alpha value is -4.10. The molecule has 0 radical (unpaired) electrons. The van der Waals surface area contributed by atoms with Crippen LogP contribution in [0, 0.1) is 0 Å². The van der Waals surface area contributed by atoms with Crippen LogP contribution in [0.1, 0.15) is 49.1 Å². The van der Waals surface area contributed by atoms with Crippen molar-refractivity contribution in [3.05, 3.63) is 101 Å². The number of hydrogen-bond acceptors (Lipinski definition) is 5. The fourth-order valence-corrected chi connectivity index (χ4v) is 5.56. The maximum absolute atomic E-state index is 13.9. The van der Waals surface area contributed by atoms with E-state index in [0.29, 0.717) is 43.0 Å². The molecule has 2 unspecified atom stereocenters. The number of Topliss-reactive ketones (excluding diaryl/α,β-unsaturated/α-hetero) is 1. The number of carbonyl (C=O) groups excluding carboxylic acids is 2. The van der Waals surface area contributed by atoms with Crippen molar-refractivity contribution in [1.82, 2.24) is 4.90 Å². The van der Waals surface area contributed by atoms with Crippen LogP contribution < -0.4 is 19.5 Å². The van der Waals surface area contributed by atoms with Crippen LogP contribution in [0.25, 0.3) is 5.76 Å². The van der Waals surface area contributed by atoms with Gasteiger partial charge in [0.2, 0.25) is 5.78 Å². The minimum absolute atomic E-state index is 0.00771. The number of hydrogen-bond donors (Lipinski definition) is 1. The molecule has 0 aromatic heterocycles. The van der Waals surface area contributed by atoms with Crippen LogP contribution in [0.5, 0.6) is 11.5 Å². The van der Waals surface area contributed by atoms with Crippen LogP contribution in [0.3, 0.4) is 0 Å². The fraction of sp³-hybridized carbons (Fsp3) is 0.333. The lowest BCUT2D eigenvalue weighted by Crippen LogP contribution is -3.12. The number of ketones is 1. The molecule has 5 rings (SSSR count). The molecule has 40 heavy (non-hydrogen) atoms. The lowest BCUT2D eigenvalue weighted by molar-refractivity contribution is -0.895. The van der Waals surface area contributed by atoms with Gasteiger partial charge in [0.05, 0.1) is 32.2 Å². The van der Waals surface area contributed by atoms with Gasteiger partial charge < -0.3 is 24.4 Å². The first-order valence-electron chi connectivity index (χ1n) is 14.1. The summed E-state index contributed by atoms with van der Waals surface area (Å²) in [4.78, 5) is 29.7. The van der Waals surface area contributed by atoms with Crippen molar-refractivity contribution in [1.29, 1.82) is 0 Å². The second kappa shape index (κ2) is 12.0. The molecule has 2 atom stereocenters. The Morgan fingerprint density at radius 3 is 2.55 bits per heavy atom. The zero-order valence-corrected chi connectivity index (χ0v) is 23.3. The van der Waals surface area contributed by atoms with Crippen LogP contribution in [0.4, 0.5) is 0 Å². The van der Waals surface area contributed by atoms with Crippen LogP contribution in [-0.4, -0.2) is 48.9 Å². The van der Waals surface area contributed by atoms with Crippen molar-refractivity contribution in [2.45, 2.75) is 45.9 Å². The summed E-state index contributed by atoms with van der Waals surface area (Å²) in [7, 11) is 0. The van der Waals surface area contributed by atoms with E-state index in [-0.39, 0.29) is 11.7 Å². The van der Waals surface area contributed by atoms with Gasteiger partial charge in [-0.2, -0.15) is 0 Å². The molecule has 3 aromatic carbocycles. The molecule has 208 valence electrons. The van der Waals surface area contributed by atoms with Gasteiger partial charge in [0.1, 0.15) is 24.2 Å². The first-order chi connectivity index (χ1) is 19.4. The van der Waals surface area contributed by atoms with E-state index in [4.69, 9.17) is 9.47 Å². The number of amides is 1. The molecule has 1 N–H and O–H groups in total. The van der Waals surface area contributed by atoms with Crippen molar-refractivity contribution in [2.75, 3.05) is 26.2 Å². The molecule has 1 saturated heterocycles. The van der Waals surface area contributed by atoms with Crippen molar-refractivity contribution in [3.63, 3.8) is 0 Å². The van der Waals surface area contributed by atoms with Gasteiger partial charge in [-0.25, -0.2) is 0 Å². The number of nitrogens with zero attached hydrogens (tertiary/aromatic N) is 1. The predicted octanol–water partition coefficient (Wildman–Crippen LogP) is 2.74. The minimum Gasteiger partial charge on any atom is -0.872 e. The molecular weight excluding hydrogens is 504 g/mol. The molecule has 1 amide bonds. The number of benzene rings is 3. The third kappa shape index (κ3) is 5.61. The number of likely N-dealkylation sites (tertiary alicyclic amines) is 1. The summed E-state index contributed by atoms with van der Waals surface area (Å²) in [5, 5.41) is 13.9. The predicted molar refractivity (Wildman–Crippen MR) is 151 cm³/mol. The van der Waals surface area contributed by atoms with Gasteiger partial charge in [0.25, 0.3) is 5.91 Å². The number of ether oxygens (including phenoxy) is 2. The largest absolute Gasteiger partial charge is 0.872 e. The molecule has 0 aliphatic carbocycles. The first kappa shape index (κ1) is 27.5. The van der Waals surface area contributed by atoms with E-state index in [1.54, 1.807) is 23.1 Å². The molecule has 7 nitrogen and oxygen atoms in total. The average Bonchev–Trinajstić information content (AvgIpc) is 3.47. The quantitative estimate of drug-likeness (QED) is 0.243. The van der Waals surface area contributed by atoms with Crippen molar-refractivity contribution < 1.29 is 29.1 Å². The Morgan fingerprint density at radius 1 is 1.02 bits per heavy atom. The molecular formula is C33H36N2O5. The summed E-state index contributed by atoms with van der Waals surface area (Å²) in [5.74, 6) is -0.414. The Labute approximate surface area is 235 Å². The van der Waals surface area contributed by atoms with Gasteiger partial charge in [0, 0.05) is 12.0 Å². The van der Waals surface area contributed by atoms with E-state index in [1.807, 2.05) is 61.5 Å². The second-order valence-electron chi connectivity index (χ2n) is 10.5. The van der Waals surface area contributed by atoms with Crippen molar-refractivity contribution in [2.24, 2.45) is 0 Å². The van der Waals surface area contributed by atoms with Crippen LogP contribution in [-0.2, 0) is 22.6 Å². The van der Waals surface area contributed by atoms with Crippen molar-refractivity contribution >= 4 is 17.4 Å². The van der Waals surface area contributed by atoms with E-state index in [1.165, 1.54) is 4.90 Å². The Morgan fingerprint density at radius 2 is 1.80 bits per heavy atom. The molecule has 0 bridgehead atoms. The number of rotatable bonds is 10. The van der Waals surface area contributed by atoms with Crippen molar-refractivity contribution in [3.8, 4) is 11.5 Å². The van der Waals surface area contributed by atoms with E-state index in [9.17, 15) is 14.7 Å². The smallest absolute Gasteiger partial charge is 0.295 e. The molecule has 2 aliphatic rings. The summed E-state index contributed by atoms with van der Waals surface area (Å²) in [6.45, 7) is 9.42. The minimum atomic E-state index is -0.786. The average molecular weight is 541 g/mol. The molecule has 2 heterocycles. The van der Waals surface area contributed by atoms with E-state index < -0.39 is 23.5 Å². The summed E-state index contributed by atoms with van der Waals surface area (Å²) in [6, 6.07) is 21.7. The van der Waals surface area contributed by atoms with Gasteiger partial charge in [-0.05, 0) is 67.3 Å². The highest BCUT2D eigenvalue weighted by molar-refractivity contribution is 6.46. The summed E-state index contributed by atoms with van der Waals surface area (Å²) < 4.78 is 11.8. The van der Waals surface area contributed by atoms with Gasteiger partial charge in [0.15, 0.2) is 0 Å². The van der Waals surface area contributed by atoms with Gasteiger partial charge in [-0.15, -0.1) is 0 Å². The summed E-state index contributed by atoms with van der Waals surface area (Å²) >= 11 is 0. The Kier molecular flexibility index (Phi) is 8.21. The monoisotopic (exact) mass is 540 g/mol. The molecule has 0 spiro atoms. The van der Waals surface area contributed by atoms with Gasteiger partial charge >= 0.3 is 0 Å². The number of likely N-dealkylation sites (N-methyl/N-ethyl adjacent to an activating group) is 1. The maximum Gasteiger partial charge on any atom is 0.295 e. The van der Waals surface area contributed by atoms with Crippen LogP contribution in [0.15, 0.2) is 78.4 Å². The Balaban J connectivity index is 1.53. The van der Waals surface area contributed by atoms with E-state index in [2.05, 4.69) is 13.8 Å². The number of fused-ring (bicyclic) bond motifs is 1. The fourth-order valence-electron chi connectivity index (χ4n) is 5.56. The lowest BCUT2D eigenvalue weighted by atomic mass is 9.94. The Bertz CT molecular complexity index is 1410. The third-order valence-corrected chi connectivity index (χ3v) is 7.82. The van der Waals surface area contributed by atoms with Gasteiger partial charge in [-0.3, -0.25) is 9.59 Å². The maximum atomic E-state index is 13.9. The molecule has 0 saturated carbocycles. The highest BCUT2D eigenvalue weighted by Gasteiger charge is 2.44. The van der Waals surface area contributed by atoms with E-state index >= 15 is 0 Å². The second-order valence-corrected chi connectivity index (χ2v) is 10.5. The van der Waals surface area contributed by atoms with Crippen LogP contribution >= 0.6 is 0 Å². The third-order valence-electron chi connectivity index (χ3n) is 7.82. The summed E-state index contributed by atoms with van der Waals surface area (Å²) in [5.41, 5.74) is 3.03. The normalized spacial score (nSPS) is 19.6.